The van der Waals surface area contributed by atoms with Gasteiger partial charge in [0.05, 0.1) is 4.88 Å². The second kappa shape index (κ2) is 3.30. The monoisotopic (exact) mass is 190 g/mol. The third-order valence-electron chi connectivity index (χ3n) is 2.14. The zero-order chi connectivity index (χ0) is 9.26. The van der Waals surface area contributed by atoms with Gasteiger partial charge in [-0.25, -0.2) is 0 Å². The molecule has 0 radical (unpaired) electrons. The molecule has 66 valence electrons. The van der Waals surface area contributed by atoms with Crippen LogP contribution in [0.2, 0.25) is 0 Å². The van der Waals surface area contributed by atoms with Crippen molar-refractivity contribution in [2.45, 2.75) is 13.3 Å². The van der Waals surface area contributed by atoms with E-state index in [1.165, 1.54) is 15.6 Å². The first kappa shape index (κ1) is 8.45. The number of aldehydes is 1. The molecule has 2 aromatic rings. The van der Waals surface area contributed by atoms with Gasteiger partial charge in [-0.05, 0) is 23.4 Å². The van der Waals surface area contributed by atoms with Gasteiger partial charge in [0.15, 0.2) is 6.29 Å². The summed E-state index contributed by atoms with van der Waals surface area (Å²) in [5.74, 6) is 0. The molecule has 1 aromatic carbocycles. The summed E-state index contributed by atoms with van der Waals surface area (Å²) in [6, 6.07) is 8.17. The highest BCUT2D eigenvalue weighted by molar-refractivity contribution is 7.20. The Morgan fingerprint density at radius 2 is 2.31 bits per heavy atom. The minimum absolute atomic E-state index is 0.816. The predicted molar refractivity (Wildman–Crippen MR) is 56.6 cm³/mol. The molecule has 1 heterocycles. The Balaban J connectivity index is 2.74. The highest BCUT2D eigenvalue weighted by Gasteiger charge is 2.03. The molecule has 2 heteroatoms. The zero-order valence-electron chi connectivity index (χ0n) is 7.41. The second-order valence-corrected chi connectivity index (χ2v) is 4.04. The topological polar surface area (TPSA) is 17.1 Å². The number of benzene rings is 1. The maximum absolute atomic E-state index is 10.6. The standard InChI is InChI=1S/C11H10OS/c1-2-8-4-3-5-9-6-10(7-12)13-11(8)9/h3-7H,2H2,1H3. The van der Waals surface area contributed by atoms with Gasteiger partial charge in [0.2, 0.25) is 0 Å². The van der Waals surface area contributed by atoms with E-state index in [0.717, 1.165) is 17.6 Å². The summed E-state index contributed by atoms with van der Waals surface area (Å²) in [4.78, 5) is 11.4. The smallest absolute Gasteiger partial charge is 0.160 e. The van der Waals surface area contributed by atoms with Crippen molar-refractivity contribution in [1.29, 1.82) is 0 Å². The van der Waals surface area contributed by atoms with E-state index in [9.17, 15) is 4.79 Å². The Bertz CT molecular complexity index is 442. The number of thiophene rings is 1. The first-order chi connectivity index (χ1) is 6.35. The van der Waals surface area contributed by atoms with Crippen molar-refractivity contribution >= 4 is 27.7 Å². The molecule has 0 N–H and O–H groups in total. The summed E-state index contributed by atoms with van der Waals surface area (Å²) in [5, 5.41) is 1.19. The van der Waals surface area contributed by atoms with Crippen molar-refractivity contribution in [2.75, 3.05) is 0 Å². The van der Waals surface area contributed by atoms with Gasteiger partial charge < -0.3 is 0 Å². The Hall–Kier alpha value is -1.15. The summed E-state index contributed by atoms with van der Waals surface area (Å²) in [6.45, 7) is 2.13. The molecule has 0 aliphatic rings. The van der Waals surface area contributed by atoms with E-state index in [1.54, 1.807) is 11.3 Å². The van der Waals surface area contributed by atoms with Crippen LogP contribution in [0.5, 0.6) is 0 Å². The maximum Gasteiger partial charge on any atom is 0.160 e. The van der Waals surface area contributed by atoms with Crippen LogP contribution < -0.4 is 0 Å². The second-order valence-electron chi connectivity index (χ2n) is 2.96. The Labute approximate surface area is 81.0 Å². The van der Waals surface area contributed by atoms with Gasteiger partial charge in [-0.1, -0.05) is 25.1 Å². The number of hydrogen-bond acceptors (Lipinski definition) is 2. The molecule has 2 rings (SSSR count). The van der Waals surface area contributed by atoms with Crippen LogP contribution in [0.3, 0.4) is 0 Å². The van der Waals surface area contributed by atoms with Gasteiger partial charge >= 0.3 is 0 Å². The minimum atomic E-state index is 0.816. The zero-order valence-corrected chi connectivity index (χ0v) is 8.23. The molecule has 0 bridgehead atoms. The lowest BCUT2D eigenvalue weighted by atomic mass is 10.1. The molecule has 0 saturated heterocycles. The number of carbonyl (C=O) groups is 1. The third kappa shape index (κ3) is 1.38. The molecule has 0 aliphatic carbocycles. The van der Waals surface area contributed by atoms with Gasteiger partial charge in [-0.15, -0.1) is 11.3 Å². The molecule has 0 unspecified atom stereocenters. The van der Waals surface area contributed by atoms with Crippen LogP contribution in [0.15, 0.2) is 24.3 Å². The lowest BCUT2D eigenvalue weighted by molar-refractivity contribution is 0.112. The Morgan fingerprint density at radius 3 is 3.00 bits per heavy atom. The third-order valence-corrected chi connectivity index (χ3v) is 3.29. The van der Waals surface area contributed by atoms with Gasteiger partial charge in [0.25, 0.3) is 0 Å². The molecule has 13 heavy (non-hydrogen) atoms. The Morgan fingerprint density at radius 1 is 1.46 bits per heavy atom. The molecule has 1 aromatic heterocycles. The van der Waals surface area contributed by atoms with Crippen LogP contribution >= 0.6 is 11.3 Å². The number of carbonyl (C=O) groups excluding carboxylic acids is 1. The number of hydrogen-bond donors (Lipinski definition) is 0. The van der Waals surface area contributed by atoms with Gasteiger partial charge in [-0.2, -0.15) is 0 Å². The van der Waals surface area contributed by atoms with Crippen molar-refractivity contribution in [3.63, 3.8) is 0 Å². The van der Waals surface area contributed by atoms with Crippen molar-refractivity contribution in [1.82, 2.24) is 0 Å². The lowest BCUT2D eigenvalue weighted by Crippen LogP contribution is -1.77. The average molecular weight is 190 g/mol. The highest BCUT2D eigenvalue weighted by Crippen LogP contribution is 2.27. The SMILES string of the molecule is CCc1cccc2cc(C=O)sc12. The van der Waals surface area contributed by atoms with Crippen LogP contribution in [0.4, 0.5) is 0 Å². The van der Waals surface area contributed by atoms with Crippen LogP contribution in [0.25, 0.3) is 10.1 Å². The van der Waals surface area contributed by atoms with Crippen LogP contribution in [-0.2, 0) is 6.42 Å². The minimum Gasteiger partial charge on any atom is -0.297 e. The molecule has 0 aliphatic heterocycles. The molecule has 0 amide bonds. The first-order valence-corrected chi connectivity index (χ1v) is 5.13. The van der Waals surface area contributed by atoms with Crippen molar-refractivity contribution < 1.29 is 4.79 Å². The molecular weight excluding hydrogens is 180 g/mol. The first-order valence-electron chi connectivity index (χ1n) is 4.31. The van der Waals surface area contributed by atoms with Crippen LogP contribution in [-0.4, -0.2) is 6.29 Å². The number of rotatable bonds is 2. The highest BCUT2D eigenvalue weighted by atomic mass is 32.1. The van der Waals surface area contributed by atoms with E-state index >= 15 is 0 Å². The van der Waals surface area contributed by atoms with Crippen molar-refractivity contribution in [3.05, 3.63) is 34.7 Å². The summed E-state index contributed by atoms with van der Waals surface area (Å²) in [5.41, 5.74) is 1.33. The lowest BCUT2D eigenvalue weighted by Gasteiger charge is -1.96. The van der Waals surface area contributed by atoms with Crippen molar-refractivity contribution in [2.24, 2.45) is 0 Å². The predicted octanol–water partition coefficient (Wildman–Crippen LogP) is 3.28. The largest absolute Gasteiger partial charge is 0.297 e. The molecule has 0 atom stereocenters. The molecule has 0 fully saturated rings. The number of fused-ring (bicyclic) bond motifs is 1. The van der Waals surface area contributed by atoms with Crippen LogP contribution in [0, 0.1) is 0 Å². The number of aryl methyl sites for hydroxylation is 1. The van der Waals surface area contributed by atoms with Crippen LogP contribution in [0.1, 0.15) is 22.2 Å². The Kier molecular flexibility index (Phi) is 2.15. The van der Waals surface area contributed by atoms with E-state index < -0.39 is 0 Å². The maximum atomic E-state index is 10.6. The van der Waals surface area contributed by atoms with Gasteiger partial charge in [-0.3, -0.25) is 4.79 Å². The summed E-state index contributed by atoms with van der Waals surface area (Å²) in [7, 11) is 0. The molecular formula is C11H10OS. The summed E-state index contributed by atoms with van der Waals surface area (Å²) < 4.78 is 1.26. The fourth-order valence-electron chi connectivity index (χ4n) is 1.48. The molecule has 0 spiro atoms. The summed E-state index contributed by atoms with van der Waals surface area (Å²) >= 11 is 1.58. The normalized spacial score (nSPS) is 10.5. The van der Waals surface area contributed by atoms with Gasteiger partial charge in [0, 0.05) is 4.70 Å². The van der Waals surface area contributed by atoms with Gasteiger partial charge in [0.1, 0.15) is 0 Å². The van der Waals surface area contributed by atoms with E-state index in [4.69, 9.17) is 0 Å². The van der Waals surface area contributed by atoms with Crippen molar-refractivity contribution in [3.8, 4) is 0 Å². The van der Waals surface area contributed by atoms with E-state index in [-0.39, 0.29) is 0 Å². The fourth-order valence-corrected chi connectivity index (χ4v) is 2.54. The summed E-state index contributed by atoms with van der Waals surface area (Å²) in [6.07, 6.45) is 1.94. The fraction of sp³-hybridized carbons (Fsp3) is 0.182. The quantitative estimate of drug-likeness (QED) is 0.664. The molecule has 0 saturated carbocycles. The molecule has 1 nitrogen and oxygen atoms in total. The average Bonchev–Trinajstić information content (AvgIpc) is 2.59. The van der Waals surface area contributed by atoms with E-state index in [0.29, 0.717) is 0 Å². The van der Waals surface area contributed by atoms with E-state index in [2.05, 4.69) is 19.1 Å². The van der Waals surface area contributed by atoms with E-state index in [1.807, 2.05) is 12.1 Å².